The first-order valence-electron chi connectivity index (χ1n) is 5.78. The second-order valence-electron chi connectivity index (χ2n) is 4.99. The zero-order chi connectivity index (χ0) is 13.5. The molecule has 0 aromatic carbocycles. The molecule has 0 fully saturated rings. The number of hydrogen-bond donors (Lipinski definition) is 2. The largest absolute Gasteiger partial charge is 0.350 e. The Hall–Kier alpha value is -1.57. The molecule has 0 saturated heterocycles. The van der Waals surface area contributed by atoms with Crippen LogP contribution >= 0.6 is 0 Å². The zero-order valence-corrected chi connectivity index (χ0v) is 11.0. The number of amides is 2. The van der Waals surface area contributed by atoms with Crippen LogP contribution in [-0.2, 0) is 9.59 Å². The summed E-state index contributed by atoms with van der Waals surface area (Å²) in [5.41, 5.74) is -0.320. The summed E-state index contributed by atoms with van der Waals surface area (Å²) in [6, 6.07) is 1.93. The summed E-state index contributed by atoms with van der Waals surface area (Å²) in [4.78, 5) is 22.9. The smallest absolute Gasteiger partial charge is 0.239 e. The Bertz CT molecular complexity index is 313. The maximum absolute atomic E-state index is 11.5. The van der Waals surface area contributed by atoms with Crippen LogP contribution in [0.3, 0.4) is 0 Å². The van der Waals surface area contributed by atoms with E-state index in [9.17, 15) is 9.59 Å². The van der Waals surface area contributed by atoms with Crippen LogP contribution in [0.5, 0.6) is 0 Å². The highest BCUT2D eigenvalue weighted by Crippen LogP contribution is 2.04. The monoisotopic (exact) mass is 239 g/mol. The van der Waals surface area contributed by atoms with Gasteiger partial charge in [-0.05, 0) is 27.2 Å². The Balaban J connectivity index is 4.08. The maximum Gasteiger partial charge on any atom is 0.239 e. The minimum atomic E-state index is -0.664. The van der Waals surface area contributed by atoms with Gasteiger partial charge in [-0.25, -0.2) is 0 Å². The number of carbonyl (C=O) groups excluding carboxylic acids is 2. The number of nitrogens with one attached hydrogen (secondary N) is 2. The van der Waals surface area contributed by atoms with E-state index >= 15 is 0 Å². The van der Waals surface area contributed by atoms with Crippen LogP contribution in [0.1, 0.15) is 40.5 Å². The minimum absolute atomic E-state index is 0.0853. The highest BCUT2D eigenvalue weighted by atomic mass is 16.2. The number of nitrogens with zero attached hydrogens (tertiary/aromatic N) is 1. The van der Waals surface area contributed by atoms with Crippen molar-refractivity contribution in [2.24, 2.45) is 5.92 Å². The molecular formula is C12H21N3O2. The molecule has 17 heavy (non-hydrogen) atoms. The molecule has 2 N–H and O–H groups in total. The van der Waals surface area contributed by atoms with Crippen LogP contribution in [0.15, 0.2) is 0 Å². The number of carbonyl (C=O) groups is 2. The third kappa shape index (κ3) is 7.34. The lowest BCUT2D eigenvalue weighted by molar-refractivity contribution is -0.128. The summed E-state index contributed by atoms with van der Waals surface area (Å²) < 4.78 is 0. The minimum Gasteiger partial charge on any atom is -0.350 e. The van der Waals surface area contributed by atoms with Gasteiger partial charge in [-0.15, -0.1) is 0 Å². The Labute approximate surface area is 103 Å². The van der Waals surface area contributed by atoms with Crippen molar-refractivity contribution in [3.8, 4) is 6.07 Å². The first kappa shape index (κ1) is 15.4. The number of rotatable bonds is 5. The van der Waals surface area contributed by atoms with Crippen LogP contribution in [0, 0.1) is 17.2 Å². The van der Waals surface area contributed by atoms with Crippen molar-refractivity contribution < 1.29 is 9.59 Å². The first-order chi connectivity index (χ1) is 7.80. The quantitative estimate of drug-likeness (QED) is 0.749. The van der Waals surface area contributed by atoms with E-state index in [1.54, 1.807) is 0 Å². The van der Waals surface area contributed by atoms with Crippen molar-refractivity contribution in [3.05, 3.63) is 0 Å². The lowest BCUT2D eigenvalue weighted by Crippen LogP contribution is -2.46. The molecule has 2 amide bonds. The second-order valence-corrected chi connectivity index (χ2v) is 4.99. The molecule has 0 spiro atoms. The van der Waals surface area contributed by atoms with Gasteiger partial charge in [0.15, 0.2) is 0 Å². The van der Waals surface area contributed by atoms with Gasteiger partial charge >= 0.3 is 0 Å². The third-order valence-corrected chi connectivity index (χ3v) is 1.99. The van der Waals surface area contributed by atoms with E-state index in [1.165, 1.54) is 0 Å². The van der Waals surface area contributed by atoms with E-state index in [4.69, 9.17) is 5.26 Å². The molecule has 0 aliphatic carbocycles. The molecule has 5 heteroatoms. The average Bonchev–Trinajstić information content (AvgIpc) is 2.20. The number of hydrogen-bond acceptors (Lipinski definition) is 3. The van der Waals surface area contributed by atoms with Gasteiger partial charge in [-0.1, -0.05) is 13.3 Å². The summed E-state index contributed by atoms with van der Waals surface area (Å²) in [5.74, 6) is -1.29. The predicted octanol–water partition coefficient (Wildman–Crippen LogP) is 0.957. The van der Waals surface area contributed by atoms with Crippen molar-refractivity contribution in [1.82, 2.24) is 10.6 Å². The summed E-state index contributed by atoms with van der Waals surface area (Å²) in [5, 5.41) is 14.0. The summed E-state index contributed by atoms with van der Waals surface area (Å²) in [6.45, 7) is 7.41. The molecule has 0 bridgehead atoms. The van der Waals surface area contributed by atoms with E-state index < -0.39 is 5.92 Å². The molecule has 1 atom stereocenters. The summed E-state index contributed by atoms with van der Waals surface area (Å²) in [6.07, 6.45) is 1.28. The van der Waals surface area contributed by atoms with Gasteiger partial charge in [-0.2, -0.15) is 5.26 Å². The Morgan fingerprint density at radius 3 is 2.35 bits per heavy atom. The molecule has 0 saturated carbocycles. The van der Waals surface area contributed by atoms with Crippen molar-refractivity contribution in [2.45, 2.75) is 46.1 Å². The normalized spacial score (nSPS) is 12.4. The highest BCUT2D eigenvalue weighted by molar-refractivity contribution is 5.87. The average molecular weight is 239 g/mol. The molecule has 0 rings (SSSR count). The van der Waals surface area contributed by atoms with E-state index in [2.05, 4.69) is 10.6 Å². The van der Waals surface area contributed by atoms with Crippen molar-refractivity contribution in [2.75, 3.05) is 6.54 Å². The van der Waals surface area contributed by atoms with Gasteiger partial charge in [0.05, 0.1) is 12.6 Å². The topological polar surface area (TPSA) is 82.0 Å². The lowest BCUT2D eigenvalue weighted by atomic mass is 10.1. The van der Waals surface area contributed by atoms with E-state index in [-0.39, 0.29) is 23.9 Å². The van der Waals surface area contributed by atoms with Crippen molar-refractivity contribution >= 4 is 11.8 Å². The Morgan fingerprint density at radius 1 is 1.35 bits per heavy atom. The van der Waals surface area contributed by atoms with Crippen LogP contribution in [0.25, 0.3) is 0 Å². The molecule has 0 aliphatic heterocycles. The standard InChI is InChI=1S/C12H21N3O2/c1-5-6-9(7-13)11(17)14-8-10(16)15-12(2,3)4/h9H,5-6,8H2,1-4H3,(H,14,17)(H,15,16). The fourth-order valence-electron chi connectivity index (χ4n) is 1.30. The Kier molecular flexibility index (Phi) is 6.26. The predicted molar refractivity (Wildman–Crippen MR) is 64.9 cm³/mol. The molecule has 0 aromatic rings. The fourth-order valence-corrected chi connectivity index (χ4v) is 1.30. The fraction of sp³-hybridized carbons (Fsp3) is 0.750. The zero-order valence-electron chi connectivity index (χ0n) is 11.0. The summed E-state index contributed by atoms with van der Waals surface area (Å²) in [7, 11) is 0. The lowest BCUT2D eigenvalue weighted by Gasteiger charge is -2.20. The SMILES string of the molecule is CCCC(C#N)C(=O)NCC(=O)NC(C)(C)C. The summed E-state index contributed by atoms with van der Waals surface area (Å²) >= 11 is 0. The van der Waals surface area contributed by atoms with Crippen LogP contribution in [0.4, 0.5) is 0 Å². The molecule has 1 unspecified atom stereocenters. The Morgan fingerprint density at radius 2 is 1.94 bits per heavy atom. The van der Waals surface area contributed by atoms with E-state index in [0.717, 1.165) is 6.42 Å². The molecule has 0 aromatic heterocycles. The molecule has 96 valence electrons. The van der Waals surface area contributed by atoms with Gasteiger partial charge in [0.1, 0.15) is 5.92 Å². The number of nitriles is 1. The van der Waals surface area contributed by atoms with Gasteiger partial charge in [0.2, 0.25) is 11.8 Å². The van der Waals surface area contributed by atoms with Crippen molar-refractivity contribution in [3.63, 3.8) is 0 Å². The van der Waals surface area contributed by atoms with Crippen LogP contribution < -0.4 is 10.6 Å². The van der Waals surface area contributed by atoms with Crippen LogP contribution in [0.2, 0.25) is 0 Å². The van der Waals surface area contributed by atoms with Gasteiger partial charge in [-0.3, -0.25) is 9.59 Å². The maximum atomic E-state index is 11.5. The molecular weight excluding hydrogens is 218 g/mol. The van der Waals surface area contributed by atoms with Gasteiger partial charge in [0.25, 0.3) is 0 Å². The molecule has 0 radical (unpaired) electrons. The molecule has 0 aliphatic rings. The van der Waals surface area contributed by atoms with Gasteiger partial charge in [0, 0.05) is 5.54 Å². The molecule has 5 nitrogen and oxygen atoms in total. The highest BCUT2D eigenvalue weighted by Gasteiger charge is 2.18. The first-order valence-corrected chi connectivity index (χ1v) is 5.78. The van der Waals surface area contributed by atoms with Crippen molar-refractivity contribution in [1.29, 1.82) is 5.26 Å². The second kappa shape index (κ2) is 6.89. The van der Waals surface area contributed by atoms with E-state index in [1.807, 2.05) is 33.8 Å². The van der Waals surface area contributed by atoms with E-state index in [0.29, 0.717) is 6.42 Å². The molecule has 0 heterocycles. The third-order valence-electron chi connectivity index (χ3n) is 1.99. The van der Waals surface area contributed by atoms with Gasteiger partial charge < -0.3 is 10.6 Å². The van der Waals surface area contributed by atoms with Crippen LogP contribution in [-0.4, -0.2) is 23.9 Å².